The molecule has 112 valence electrons. The average molecular weight is 305 g/mol. The molecule has 0 aliphatic heterocycles. The molecule has 1 aromatic carbocycles. The molecule has 20 heavy (non-hydrogen) atoms. The molecule has 0 bridgehead atoms. The standard InChI is InChI=1S/C11H16FN3O4S/c1-7-6-9(12)10(15(16)17)8(2)11(7)20(18,19)14-5-3-4-13/h6,14H,3-5,13H2,1-2H3. The Hall–Kier alpha value is -1.58. The number of nitrogens with one attached hydrogen (secondary N) is 1. The maximum Gasteiger partial charge on any atom is 0.309 e. The monoisotopic (exact) mass is 305 g/mol. The van der Waals surface area contributed by atoms with Crippen molar-refractivity contribution in [1.82, 2.24) is 4.72 Å². The maximum absolute atomic E-state index is 13.6. The fourth-order valence-corrected chi connectivity index (χ4v) is 3.46. The first-order valence-electron chi connectivity index (χ1n) is 5.86. The Morgan fingerprint density at radius 3 is 2.55 bits per heavy atom. The second-order valence-corrected chi connectivity index (χ2v) is 5.98. The minimum Gasteiger partial charge on any atom is -0.330 e. The van der Waals surface area contributed by atoms with Crippen LogP contribution in [0.2, 0.25) is 0 Å². The molecule has 3 N–H and O–H groups in total. The number of benzene rings is 1. The van der Waals surface area contributed by atoms with Gasteiger partial charge in [-0.2, -0.15) is 4.39 Å². The van der Waals surface area contributed by atoms with Crippen molar-refractivity contribution in [2.24, 2.45) is 5.73 Å². The Morgan fingerprint density at radius 1 is 1.45 bits per heavy atom. The van der Waals surface area contributed by atoms with Gasteiger partial charge in [-0.15, -0.1) is 0 Å². The van der Waals surface area contributed by atoms with Crippen LogP contribution in [0.25, 0.3) is 0 Å². The third-order valence-corrected chi connectivity index (χ3v) is 4.50. The SMILES string of the molecule is Cc1cc(F)c([N+](=O)[O-])c(C)c1S(=O)(=O)NCCCN. The van der Waals surface area contributed by atoms with Gasteiger partial charge in [-0.25, -0.2) is 13.1 Å². The van der Waals surface area contributed by atoms with Gasteiger partial charge in [0.05, 0.1) is 15.4 Å². The van der Waals surface area contributed by atoms with E-state index >= 15 is 0 Å². The summed E-state index contributed by atoms with van der Waals surface area (Å²) in [5, 5.41) is 10.8. The first-order chi connectivity index (χ1) is 9.22. The van der Waals surface area contributed by atoms with Crippen LogP contribution in [0.1, 0.15) is 17.5 Å². The van der Waals surface area contributed by atoms with Crippen LogP contribution in [0.5, 0.6) is 0 Å². The molecule has 0 aliphatic rings. The number of aryl methyl sites for hydroxylation is 1. The van der Waals surface area contributed by atoms with Gasteiger partial charge in [0.2, 0.25) is 15.8 Å². The van der Waals surface area contributed by atoms with Gasteiger partial charge in [0.1, 0.15) is 0 Å². The predicted molar refractivity (Wildman–Crippen MR) is 71.4 cm³/mol. The zero-order valence-electron chi connectivity index (χ0n) is 11.1. The zero-order chi connectivity index (χ0) is 15.5. The zero-order valence-corrected chi connectivity index (χ0v) is 12.0. The number of hydrogen-bond donors (Lipinski definition) is 2. The third kappa shape index (κ3) is 3.30. The van der Waals surface area contributed by atoms with Crippen LogP contribution in [-0.2, 0) is 10.0 Å². The molecular weight excluding hydrogens is 289 g/mol. The summed E-state index contributed by atoms with van der Waals surface area (Å²) >= 11 is 0. The van der Waals surface area contributed by atoms with E-state index in [0.717, 1.165) is 6.07 Å². The largest absolute Gasteiger partial charge is 0.330 e. The summed E-state index contributed by atoms with van der Waals surface area (Å²) in [5.41, 5.74) is 4.34. The average Bonchev–Trinajstić information content (AvgIpc) is 2.26. The lowest BCUT2D eigenvalue weighted by molar-refractivity contribution is -0.388. The van der Waals surface area contributed by atoms with E-state index < -0.39 is 26.5 Å². The molecule has 0 heterocycles. The fraction of sp³-hybridized carbons (Fsp3) is 0.455. The third-order valence-electron chi connectivity index (χ3n) is 2.75. The minimum absolute atomic E-state index is 0.114. The van der Waals surface area contributed by atoms with Gasteiger partial charge in [0.15, 0.2) is 0 Å². The van der Waals surface area contributed by atoms with Crippen molar-refractivity contribution in [2.75, 3.05) is 13.1 Å². The van der Waals surface area contributed by atoms with Gasteiger partial charge in [0, 0.05) is 6.54 Å². The van der Waals surface area contributed by atoms with Crippen molar-refractivity contribution in [2.45, 2.75) is 25.2 Å². The van der Waals surface area contributed by atoms with Crippen LogP contribution in [0.4, 0.5) is 10.1 Å². The van der Waals surface area contributed by atoms with E-state index in [9.17, 15) is 22.9 Å². The van der Waals surface area contributed by atoms with Gasteiger partial charge >= 0.3 is 5.69 Å². The number of nitro groups is 1. The molecule has 0 saturated carbocycles. The molecule has 0 fully saturated rings. The number of nitrogens with two attached hydrogens (primary N) is 1. The van der Waals surface area contributed by atoms with Gasteiger partial charge in [0.25, 0.3) is 0 Å². The number of halogens is 1. The summed E-state index contributed by atoms with van der Waals surface area (Å²) in [5.74, 6) is -1.05. The molecular formula is C11H16FN3O4S. The van der Waals surface area contributed by atoms with Crippen molar-refractivity contribution in [3.05, 3.63) is 33.1 Å². The summed E-state index contributed by atoms with van der Waals surface area (Å²) in [6.45, 7) is 3.02. The summed E-state index contributed by atoms with van der Waals surface area (Å²) in [4.78, 5) is 9.64. The topological polar surface area (TPSA) is 115 Å². The van der Waals surface area contributed by atoms with Crippen LogP contribution in [0, 0.1) is 29.8 Å². The number of nitro benzene ring substituents is 1. The summed E-state index contributed by atoms with van der Waals surface area (Å²) in [6.07, 6.45) is 0.431. The molecule has 0 saturated heterocycles. The van der Waals surface area contributed by atoms with Gasteiger partial charge in [-0.1, -0.05) is 0 Å². The molecule has 0 aromatic heterocycles. The van der Waals surface area contributed by atoms with Crippen LogP contribution < -0.4 is 10.5 Å². The van der Waals surface area contributed by atoms with E-state index in [4.69, 9.17) is 5.73 Å². The Bertz CT molecular complexity index is 631. The molecule has 0 atom stereocenters. The van der Waals surface area contributed by atoms with Crippen molar-refractivity contribution in [3.63, 3.8) is 0 Å². The van der Waals surface area contributed by atoms with Crippen molar-refractivity contribution in [1.29, 1.82) is 0 Å². The van der Waals surface area contributed by atoms with E-state index in [-0.39, 0.29) is 22.6 Å². The molecule has 1 aromatic rings. The normalized spacial score (nSPS) is 11.6. The van der Waals surface area contributed by atoms with E-state index in [1.54, 1.807) is 0 Å². The highest BCUT2D eigenvalue weighted by Gasteiger charge is 2.28. The maximum atomic E-state index is 13.6. The van der Waals surface area contributed by atoms with Crippen molar-refractivity contribution in [3.8, 4) is 0 Å². The second-order valence-electron chi connectivity index (χ2n) is 4.28. The number of nitrogens with zero attached hydrogens (tertiary/aromatic N) is 1. The van der Waals surface area contributed by atoms with E-state index in [2.05, 4.69) is 4.72 Å². The molecule has 0 aliphatic carbocycles. The molecule has 7 nitrogen and oxygen atoms in total. The highest BCUT2D eigenvalue weighted by atomic mass is 32.2. The van der Waals surface area contributed by atoms with E-state index in [1.807, 2.05) is 0 Å². The van der Waals surface area contributed by atoms with Crippen molar-refractivity contribution < 1.29 is 17.7 Å². The Kier molecular flexibility index (Phi) is 5.15. The molecule has 0 radical (unpaired) electrons. The lowest BCUT2D eigenvalue weighted by Crippen LogP contribution is -2.27. The lowest BCUT2D eigenvalue weighted by Gasteiger charge is -2.12. The van der Waals surface area contributed by atoms with Gasteiger partial charge in [-0.3, -0.25) is 10.1 Å². The van der Waals surface area contributed by atoms with Gasteiger partial charge < -0.3 is 5.73 Å². The van der Waals surface area contributed by atoms with Crippen LogP contribution in [0.15, 0.2) is 11.0 Å². The first kappa shape index (κ1) is 16.5. The summed E-state index contributed by atoms with van der Waals surface area (Å²) in [6, 6.07) is 0.850. The molecule has 0 amide bonds. The Balaban J connectivity index is 3.38. The summed E-state index contributed by atoms with van der Waals surface area (Å²) in [7, 11) is -3.94. The second kappa shape index (κ2) is 6.25. The highest BCUT2D eigenvalue weighted by Crippen LogP contribution is 2.30. The number of hydrogen-bond acceptors (Lipinski definition) is 5. The Labute approximate surface area is 116 Å². The quantitative estimate of drug-likeness (QED) is 0.462. The van der Waals surface area contributed by atoms with Crippen LogP contribution in [0.3, 0.4) is 0 Å². The fourth-order valence-electron chi connectivity index (χ4n) is 1.92. The van der Waals surface area contributed by atoms with E-state index in [0.29, 0.717) is 13.0 Å². The number of sulfonamides is 1. The molecule has 0 spiro atoms. The summed E-state index contributed by atoms with van der Waals surface area (Å²) < 4.78 is 40.1. The van der Waals surface area contributed by atoms with Crippen molar-refractivity contribution >= 4 is 15.7 Å². The Morgan fingerprint density at radius 2 is 2.05 bits per heavy atom. The highest BCUT2D eigenvalue weighted by molar-refractivity contribution is 7.89. The molecule has 0 unspecified atom stereocenters. The molecule has 1 rings (SSSR count). The van der Waals surface area contributed by atoms with E-state index in [1.165, 1.54) is 13.8 Å². The molecule has 9 heteroatoms. The van der Waals surface area contributed by atoms with Gasteiger partial charge in [-0.05, 0) is 38.4 Å². The van der Waals surface area contributed by atoms with Crippen LogP contribution >= 0.6 is 0 Å². The smallest absolute Gasteiger partial charge is 0.309 e. The van der Waals surface area contributed by atoms with Crippen LogP contribution in [-0.4, -0.2) is 26.4 Å². The predicted octanol–water partition coefficient (Wildman–Crippen LogP) is 0.978. The minimum atomic E-state index is -3.94. The number of rotatable bonds is 6. The lowest BCUT2D eigenvalue weighted by atomic mass is 10.1. The first-order valence-corrected chi connectivity index (χ1v) is 7.34.